The number of hydrogen-bond donors (Lipinski definition) is 2. The number of fused-ring (bicyclic) bond motifs is 1. The van der Waals surface area contributed by atoms with Crippen LogP contribution in [0.5, 0.6) is 11.5 Å². The lowest BCUT2D eigenvalue weighted by atomic mass is 10.1. The molecule has 0 spiro atoms. The number of benzene rings is 2. The SMILES string of the molecule is NC(=S)NN=Cc1ccc(N2CCN(Cc3ccc4c(c3)OCO4)CC2)c(F)c1. The minimum absolute atomic E-state index is 0.0666. The molecule has 0 saturated carbocycles. The van der Waals surface area contributed by atoms with Crippen molar-refractivity contribution in [2.75, 3.05) is 37.9 Å². The summed E-state index contributed by atoms with van der Waals surface area (Å²) in [6.07, 6.45) is 1.48. The number of nitrogens with one attached hydrogen (secondary N) is 1. The Balaban J connectivity index is 1.33. The number of halogens is 1. The van der Waals surface area contributed by atoms with Gasteiger partial charge in [0.15, 0.2) is 16.6 Å². The molecular formula is C20H22FN5O2S. The van der Waals surface area contributed by atoms with E-state index in [0.717, 1.165) is 44.2 Å². The maximum absolute atomic E-state index is 14.6. The summed E-state index contributed by atoms with van der Waals surface area (Å²) in [4.78, 5) is 4.42. The monoisotopic (exact) mass is 415 g/mol. The molecule has 0 radical (unpaired) electrons. The van der Waals surface area contributed by atoms with Crippen LogP contribution < -0.4 is 25.5 Å². The third-order valence-corrected chi connectivity index (χ3v) is 5.01. The highest BCUT2D eigenvalue weighted by molar-refractivity contribution is 7.80. The molecule has 0 aliphatic carbocycles. The van der Waals surface area contributed by atoms with E-state index in [1.54, 1.807) is 6.07 Å². The van der Waals surface area contributed by atoms with Gasteiger partial charge in [0.1, 0.15) is 5.82 Å². The van der Waals surface area contributed by atoms with Crippen molar-refractivity contribution >= 4 is 29.2 Å². The van der Waals surface area contributed by atoms with E-state index < -0.39 is 0 Å². The van der Waals surface area contributed by atoms with Crippen molar-refractivity contribution in [1.29, 1.82) is 0 Å². The second-order valence-electron chi connectivity index (χ2n) is 6.90. The number of hydrogen-bond acceptors (Lipinski definition) is 6. The largest absolute Gasteiger partial charge is 0.454 e. The Labute approximate surface area is 173 Å². The van der Waals surface area contributed by atoms with Crippen LogP contribution in [-0.2, 0) is 6.54 Å². The lowest BCUT2D eigenvalue weighted by Crippen LogP contribution is -2.46. The molecule has 0 amide bonds. The summed E-state index contributed by atoms with van der Waals surface area (Å²) in [7, 11) is 0. The zero-order chi connectivity index (χ0) is 20.2. The Kier molecular flexibility index (Phi) is 5.77. The number of piperazine rings is 1. The maximum Gasteiger partial charge on any atom is 0.231 e. The van der Waals surface area contributed by atoms with Crippen molar-refractivity contribution in [1.82, 2.24) is 10.3 Å². The number of anilines is 1. The topological polar surface area (TPSA) is 75.4 Å². The first-order valence-corrected chi connectivity index (χ1v) is 9.73. The Morgan fingerprint density at radius 2 is 1.93 bits per heavy atom. The van der Waals surface area contributed by atoms with Crippen LogP contribution in [0.2, 0.25) is 0 Å². The first kappa shape index (κ1) is 19.4. The maximum atomic E-state index is 14.6. The molecule has 2 heterocycles. The molecule has 2 aromatic rings. The van der Waals surface area contributed by atoms with E-state index in [-0.39, 0.29) is 17.7 Å². The molecule has 0 unspecified atom stereocenters. The highest BCUT2D eigenvalue weighted by Crippen LogP contribution is 2.33. The number of nitrogens with two attached hydrogens (primary N) is 1. The average molecular weight is 415 g/mol. The first-order chi connectivity index (χ1) is 14.1. The molecule has 152 valence electrons. The Morgan fingerprint density at radius 3 is 2.69 bits per heavy atom. The molecule has 4 rings (SSSR count). The van der Waals surface area contributed by atoms with Gasteiger partial charge >= 0.3 is 0 Å². The molecule has 0 bridgehead atoms. The number of hydrazone groups is 1. The van der Waals surface area contributed by atoms with Crippen LogP contribution in [0.15, 0.2) is 41.5 Å². The Hall–Kier alpha value is -2.91. The fourth-order valence-electron chi connectivity index (χ4n) is 3.47. The summed E-state index contributed by atoms with van der Waals surface area (Å²) in [5, 5.41) is 3.92. The van der Waals surface area contributed by atoms with Crippen LogP contribution in [0.1, 0.15) is 11.1 Å². The van der Waals surface area contributed by atoms with Gasteiger partial charge in [0.2, 0.25) is 6.79 Å². The van der Waals surface area contributed by atoms with Crippen LogP contribution in [0.4, 0.5) is 10.1 Å². The molecule has 7 nitrogen and oxygen atoms in total. The van der Waals surface area contributed by atoms with Crippen LogP contribution in [0.25, 0.3) is 0 Å². The normalized spacial score (nSPS) is 16.4. The summed E-state index contributed by atoms with van der Waals surface area (Å²) in [5.41, 5.74) is 10.2. The molecule has 9 heteroatoms. The van der Waals surface area contributed by atoms with Crippen molar-refractivity contribution in [2.24, 2.45) is 10.8 Å². The van der Waals surface area contributed by atoms with Gasteiger partial charge in [-0.1, -0.05) is 12.1 Å². The lowest BCUT2D eigenvalue weighted by Gasteiger charge is -2.36. The van der Waals surface area contributed by atoms with E-state index >= 15 is 0 Å². The minimum Gasteiger partial charge on any atom is -0.454 e. The van der Waals surface area contributed by atoms with Gasteiger partial charge < -0.3 is 20.1 Å². The number of rotatable bonds is 5. The first-order valence-electron chi connectivity index (χ1n) is 9.32. The smallest absolute Gasteiger partial charge is 0.231 e. The fraction of sp³-hybridized carbons (Fsp3) is 0.300. The Bertz CT molecular complexity index is 931. The van der Waals surface area contributed by atoms with Crippen LogP contribution >= 0.6 is 12.2 Å². The third kappa shape index (κ3) is 4.75. The van der Waals surface area contributed by atoms with Gasteiger partial charge in [-0.2, -0.15) is 5.10 Å². The molecule has 1 fully saturated rings. The second-order valence-corrected chi connectivity index (χ2v) is 7.34. The molecule has 1 saturated heterocycles. The summed E-state index contributed by atoms with van der Waals surface area (Å²) in [5.74, 6) is 1.33. The van der Waals surface area contributed by atoms with Crippen molar-refractivity contribution in [3.8, 4) is 11.5 Å². The van der Waals surface area contributed by atoms with Crippen molar-refractivity contribution < 1.29 is 13.9 Å². The van der Waals surface area contributed by atoms with E-state index in [2.05, 4.69) is 38.6 Å². The quantitative estimate of drug-likeness (QED) is 0.440. The van der Waals surface area contributed by atoms with Crippen molar-refractivity contribution in [2.45, 2.75) is 6.54 Å². The van der Waals surface area contributed by atoms with Gasteiger partial charge in [-0.15, -0.1) is 0 Å². The van der Waals surface area contributed by atoms with E-state index in [1.807, 2.05) is 18.2 Å². The average Bonchev–Trinajstić information content (AvgIpc) is 3.17. The van der Waals surface area contributed by atoms with Gasteiger partial charge in [0.05, 0.1) is 11.9 Å². The molecule has 29 heavy (non-hydrogen) atoms. The number of thiocarbonyl (C=S) groups is 1. The molecule has 3 N–H and O–H groups in total. The summed E-state index contributed by atoms with van der Waals surface area (Å²) < 4.78 is 25.4. The van der Waals surface area contributed by atoms with E-state index in [0.29, 0.717) is 11.3 Å². The third-order valence-electron chi connectivity index (χ3n) is 4.92. The van der Waals surface area contributed by atoms with Crippen LogP contribution in [0.3, 0.4) is 0 Å². The molecular weight excluding hydrogens is 393 g/mol. The van der Waals surface area contributed by atoms with Gasteiger partial charge in [0.25, 0.3) is 0 Å². The minimum atomic E-state index is -0.270. The van der Waals surface area contributed by atoms with Crippen LogP contribution in [-0.4, -0.2) is 49.2 Å². The standard InChI is InChI=1S/C20H22FN5O2S/c21-16-9-14(11-23-24-20(22)29)1-3-17(16)26-7-5-25(6-8-26)12-15-2-4-18-19(10-15)28-13-27-18/h1-4,9-11H,5-8,12-13H2,(H3,22,24,29). The molecule has 0 atom stereocenters. The van der Waals surface area contributed by atoms with Crippen LogP contribution in [0, 0.1) is 5.82 Å². The predicted octanol–water partition coefficient (Wildman–Crippen LogP) is 2.04. The molecule has 0 aromatic heterocycles. The molecule has 2 aliphatic rings. The zero-order valence-corrected chi connectivity index (χ0v) is 16.6. The van der Waals surface area contributed by atoms with Gasteiger partial charge in [-0.05, 0) is 47.6 Å². The van der Waals surface area contributed by atoms with E-state index in [1.165, 1.54) is 17.8 Å². The molecule has 2 aliphatic heterocycles. The predicted molar refractivity (Wildman–Crippen MR) is 114 cm³/mol. The highest BCUT2D eigenvalue weighted by Gasteiger charge is 2.21. The summed E-state index contributed by atoms with van der Waals surface area (Å²) in [6, 6.07) is 11.1. The van der Waals surface area contributed by atoms with Gasteiger partial charge in [-0.3, -0.25) is 10.3 Å². The fourth-order valence-corrected chi connectivity index (χ4v) is 3.53. The van der Waals surface area contributed by atoms with Gasteiger partial charge in [0, 0.05) is 32.7 Å². The number of nitrogens with zero attached hydrogens (tertiary/aromatic N) is 3. The van der Waals surface area contributed by atoms with E-state index in [9.17, 15) is 4.39 Å². The van der Waals surface area contributed by atoms with E-state index in [4.69, 9.17) is 15.2 Å². The van der Waals surface area contributed by atoms with Gasteiger partial charge in [-0.25, -0.2) is 4.39 Å². The van der Waals surface area contributed by atoms with Crippen molar-refractivity contribution in [3.05, 3.63) is 53.3 Å². The lowest BCUT2D eigenvalue weighted by molar-refractivity contribution is 0.174. The summed E-state index contributed by atoms with van der Waals surface area (Å²) in [6.45, 7) is 4.35. The van der Waals surface area contributed by atoms with Crippen molar-refractivity contribution in [3.63, 3.8) is 0 Å². The second kappa shape index (κ2) is 8.62. The highest BCUT2D eigenvalue weighted by atomic mass is 32.1. The molecule has 2 aromatic carbocycles. The summed E-state index contributed by atoms with van der Waals surface area (Å²) >= 11 is 4.67. The Morgan fingerprint density at radius 1 is 1.14 bits per heavy atom. The number of ether oxygens (including phenoxy) is 2. The zero-order valence-electron chi connectivity index (χ0n) is 15.8.